The van der Waals surface area contributed by atoms with Crippen molar-refractivity contribution >= 4 is 5.91 Å². The predicted octanol–water partition coefficient (Wildman–Crippen LogP) is 3.02. The minimum atomic E-state index is -0.132. The summed E-state index contributed by atoms with van der Waals surface area (Å²) < 4.78 is 0. The molecule has 1 amide bonds. The first-order valence-corrected chi connectivity index (χ1v) is 10.7. The Morgan fingerprint density at radius 2 is 1.87 bits per heavy atom. The van der Waals surface area contributed by atoms with Crippen LogP contribution in [0.4, 0.5) is 0 Å². The van der Waals surface area contributed by atoms with Crippen molar-refractivity contribution in [1.82, 2.24) is 15.1 Å². The maximum absolute atomic E-state index is 13.4. The molecule has 1 aliphatic heterocycles. The highest BCUT2D eigenvalue weighted by molar-refractivity contribution is 5.79. The number of carbonyl (C=O) groups is 1. The first-order chi connectivity index (χ1) is 14.5. The van der Waals surface area contributed by atoms with Gasteiger partial charge >= 0.3 is 0 Å². The molecule has 30 heavy (non-hydrogen) atoms. The lowest BCUT2D eigenvalue weighted by atomic mass is 9.79. The van der Waals surface area contributed by atoms with Crippen LogP contribution in [0.3, 0.4) is 0 Å². The van der Waals surface area contributed by atoms with Crippen LogP contribution in [0.15, 0.2) is 54.6 Å². The van der Waals surface area contributed by atoms with Crippen LogP contribution in [0.1, 0.15) is 29.5 Å². The molecule has 1 aliphatic rings. The second kappa shape index (κ2) is 9.88. The molecule has 2 aromatic rings. The lowest BCUT2D eigenvalue weighted by Gasteiger charge is -2.47. The predicted molar refractivity (Wildman–Crippen MR) is 120 cm³/mol. The molecule has 0 saturated carbocycles. The molecule has 1 fully saturated rings. The van der Waals surface area contributed by atoms with Gasteiger partial charge in [-0.3, -0.25) is 9.69 Å². The van der Waals surface area contributed by atoms with E-state index in [1.807, 2.05) is 30.1 Å². The summed E-state index contributed by atoms with van der Waals surface area (Å²) in [7, 11) is 6.15. The van der Waals surface area contributed by atoms with Crippen molar-refractivity contribution in [3.8, 4) is 6.07 Å². The van der Waals surface area contributed by atoms with Crippen LogP contribution in [0.5, 0.6) is 0 Å². The number of nitrogens with one attached hydrogen (secondary N) is 1. The number of rotatable bonds is 7. The molecule has 158 valence electrons. The van der Waals surface area contributed by atoms with Gasteiger partial charge in [-0.25, -0.2) is 0 Å². The normalized spacial score (nSPS) is 16.8. The van der Waals surface area contributed by atoms with E-state index in [0.29, 0.717) is 18.5 Å². The van der Waals surface area contributed by atoms with Crippen molar-refractivity contribution in [3.05, 3.63) is 71.3 Å². The molecule has 1 N–H and O–H groups in total. The number of hydrogen-bond acceptors (Lipinski definition) is 4. The maximum atomic E-state index is 13.4. The lowest BCUT2D eigenvalue weighted by Crippen LogP contribution is -2.53. The van der Waals surface area contributed by atoms with E-state index in [4.69, 9.17) is 5.26 Å². The smallest absolute Gasteiger partial charge is 0.227 e. The fourth-order valence-electron chi connectivity index (χ4n) is 4.64. The van der Waals surface area contributed by atoms with E-state index in [-0.39, 0.29) is 17.4 Å². The van der Waals surface area contributed by atoms with Gasteiger partial charge in [-0.05, 0) is 63.7 Å². The Hall–Kier alpha value is -2.68. The number of hydrogen-bond donors (Lipinski definition) is 1. The summed E-state index contributed by atoms with van der Waals surface area (Å²) in [5, 5.41) is 12.3. The Labute approximate surface area is 180 Å². The van der Waals surface area contributed by atoms with Gasteiger partial charge in [0, 0.05) is 25.2 Å². The summed E-state index contributed by atoms with van der Waals surface area (Å²) in [6.07, 6.45) is 2.49. The Morgan fingerprint density at radius 3 is 2.47 bits per heavy atom. The van der Waals surface area contributed by atoms with E-state index in [1.165, 1.54) is 5.56 Å². The highest BCUT2D eigenvalue weighted by Crippen LogP contribution is 2.37. The van der Waals surface area contributed by atoms with Gasteiger partial charge in [0.15, 0.2) is 0 Å². The van der Waals surface area contributed by atoms with Crippen LogP contribution >= 0.6 is 0 Å². The quantitative estimate of drug-likeness (QED) is 0.771. The van der Waals surface area contributed by atoms with Crippen molar-refractivity contribution in [3.63, 3.8) is 0 Å². The second-order valence-corrected chi connectivity index (χ2v) is 8.39. The molecule has 0 radical (unpaired) electrons. The first kappa shape index (κ1) is 22.0. The molecule has 0 spiro atoms. The van der Waals surface area contributed by atoms with Crippen molar-refractivity contribution < 1.29 is 4.79 Å². The van der Waals surface area contributed by atoms with Crippen LogP contribution in [0, 0.1) is 17.2 Å². The Kier molecular flexibility index (Phi) is 7.25. The molecule has 2 aromatic carbocycles. The third-order valence-electron chi connectivity index (χ3n) is 6.41. The number of piperidine rings is 1. The van der Waals surface area contributed by atoms with Gasteiger partial charge in [0.1, 0.15) is 0 Å². The fourth-order valence-corrected chi connectivity index (χ4v) is 4.64. The molecule has 3 rings (SSSR count). The molecule has 5 nitrogen and oxygen atoms in total. The van der Waals surface area contributed by atoms with Gasteiger partial charge in [-0.1, -0.05) is 42.5 Å². The minimum absolute atomic E-state index is 0.0301. The average Bonchev–Trinajstić information content (AvgIpc) is 2.79. The highest BCUT2D eigenvalue weighted by atomic mass is 16.2. The van der Waals surface area contributed by atoms with Gasteiger partial charge in [0.25, 0.3) is 0 Å². The van der Waals surface area contributed by atoms with Crippen molar-refractivity contribution in [1.29, 1.82) is 5.26 Å². The average molecular weight is 405 g/mol. The van der Waals surface area contributed by atoms with E-state index in [2.05, 4.69) is 60.7 Å². The zero-order chi connectivity index (χ0) is 21.6. The number of nitrogens with zero attached hydrogens (tertiary/aromatic N) is 3. The lowest BCUT2D eigenvalue weighted by molar-refractivity contribution is -0.138. The molecule has 1 saturated heterocycles. The number of nitriles is 1. The summed E-state index contributed by atoms with van der Waals surface area (Å²) >= 11 is 0. The van der Waals surface area contributed by atoms with E-state index >= 15 is 0 Å². The first-order valence-electron chi connectivity index (χ1n) is 10.7. The van der Waals surface area contributed by atoms with Gasteiger partial charge in [-0.15, -0.1) is 0 Å². The molecular weight excluding hydrogens is 372 g/mol. The highest BCUT2D eigenvalue weighted by Gasteiger charge is 2.40. The molecule has 0 bridgehead atoms. The fraction of sp³-hybridized carbons (Fsp3) is 0.440. The van der Waals surface area contributed by atoms with E-state index in [1.54, 1.807) is 6.07 Å². The topological polar surface area (TPSA) is 59.4 Å². The summed E-state index contributed by atoms with van der Waals surface area (Å²) in [4.78, 5) is 17.7. The molecule has 5 heteroatoms. The third-order valence-corrected chi connectivity index (χ3v) is 6.41. The zero-order valence-electron chi connectivity index (χ0n) is 18.3. The van der Waals surface area contributed by atoms with Crippen LogP contribution in [-0.2, 0) is 16.8 Å². The van der Waals surface area contributed by atoms with Gasteiger partial charge < -0.3 is 10.2 Å². The van der Waals surface area contributed by atoms with Crippen molar-refractivity contribution in [2.24, 2.45) is 5.92 Å². The van der Waals surface area contributed by atoms with Gasteiger partial charge in [0.2, 0.25) is 5.91 Å². The third kappa shape index (κ3) is 4.72. The number of carbonyl (C=O) groups excluding carboxylic acids is 1. The van der Waals surface area contributed by atoms with Crippen molar-refractivity contribution in [2.75, 3.05) is 40.8 Å². The van der Waals surface area contributed by atoms with Gasteiger partial charge in [0.05, 0.1) is 17.6 Å². The largest absolute Gasteiger partial charge is 0.342 e. The minimum Gasteiger partial charge on any atom is -0.342 e. The summed E-state index contributed by atoms with van der Waals surface area (Å²) in [5.41, 5.74) is 2.96. The van der Waals surface area contributed by atoms with E-state index < -0.39 is 0 Å². The molecule has 1 atom stereocenters. The molecule has 0 aromatic heterocycles. The molecule has 0 aliphatic carbocycles. The second-order valence-electron chi connectivity index (χ2n) is 8.39. The standard InChI is InChI=1S/C25H32N4O/c1-27-19-22(17-20-8-7-9-21(16-20)18-26)24(30)29-14-12-25(13-15-29,28(2)3)23-10-5-4-6-11-23/h4-11,16,22,27H,12-15,17,19H2,1-3H3. The number of benzene rings is 2. The number of likely N-dealkylation sites (tertiary alicyclic amines) is 1. The Balaban J connectivity index is 1.72. The zero-order valence-corrected chi connectivity index (χ0v) is 18.3. The summed E-state index contributed by atoms with van der Waals surface area (Å²) in [6.45, 7) is 2.14. The van der Waals surface area contributed by atoms with Crippen LogP contribution in [-0.4, -0.2) is 56.5 Å². The van der Waals surface area contributed by atoms with Crippen LogP contribution < -0.4 is 5.32 Å². The summed E-state index contributed by atoms with van der Waals surface area (Å²) in [5.74, 6) is 0.0691. The van der Waals surface area contributed by atoms with Crippen LogP contribution in [0.2, 0.25) is 0 Å². The number of amides is 1. The van der Waals surface area contributed by atoms with E-state index in [0.717, 1.165) is 31.5 Å². The SMILES string of the molecule is CNCC(Cc1cccc(C#N)c1)C(=O)N1CCC(c2ccccc2)(N(C)C)CC1. The molecular formula is C25H32N4O. The van der Waals surface area contributed by atoms with E-state index in [9.17, 15) is 4.79 Å². The van der Waals surface area contributed by atoms with Gasteiger partial charge in [-0.2, -0.15) is 5.26 Å². The molecule has 1 heterocycles. The monoisotopic (exact) mass is 404 g/mol. The Bertz CT molecular complexity index is 880. The Morgan fingerprint density at radius 1 is 1.17 bits per heavy atom. The van der Waals surface area contributed by atoms with Crippen LogP contribution in [0.25, 0.3) is 0 Å². The van der Waals surface area contributed by atoms with Crippen molar-refractivity contribution in [2.45, 2.75) is 24.8 Å². The molecule has 1 unspecified atom stereocenters. The maximum Gasteiger partial charge on any atom is 0.227 e. The summed E-state index contributed by atoms with van der Waals surface area (Å²) in [6, 6.07) is 20.4.